The van der Waals surface area contributed by atoms with Crippen LogP contribution < -0.4 is 14.2 Å². The second-order valence-corrected chi connectivity index (χ2v) is 11.6. The van der Waals surface area contributed by atoms with Crippen molar-refractivity contribution in [3.63, 3.8) is 0 Å². The van der Waals surface area contributed by atoms with Crippen LogP contribution in [0.25, 0.3) is 11.1 Å². The van der Waals surface area contributed by atoms with E-state index in [4.69, 9.17) is 14.2 Å². The molecular weight excluding hydrogens is 524 g/mol. The molecule has 39 heavy (non-hydrogen) atoms. The fraction of sp³-hybridized carbons (Fsp3) is 0.370. The molecule has 0 fully saturated rings. The Morgan fingerprint density at radius 1 is 1.10 bits per heavy atom. The first-order valence-electron chi connectivity index (χ1n) is 12.5. The molecule has 0 saturated carbocycles. The molecule has 0 aliphatic carbocycles. The summed E-state index contributed by atoms with van der Waals surface area (Å²) in [5.41, 5.74) is 1.82. The van der Waals surface area contributed by atoms with Crippen LogP contribution in [0.3, 0.4) is 0 Å². The largest absolute Gasteiger partial charge is 0.487 e. The van der Waals surface area contributed by atoms with Crippen LogP contribution in [0.4, 0.5) is 0 Å². The van der Waals surface area contributed by atoms with E-state index in [0.29, 0.717) is 28.2 Å². The maximum Gasteiger partial charge on any atom is 0.253 e. The van der Waals surface area contributed by atoms with Gasteiger partial charge in [-0.05, 0) is 42.8 Å². The Labute approximate surface area is 227 Å². The zero-order valence-electron chi connectivity index (χ0n) is 21.9. The van der Waals surface area contributed by atoms with Gasteiger partial charge in [0.15, 0.2) is 11.5 Å². The molecule has 11 nitrogen and oxygen atoms in total. The molecule has 206 valence electrons. The van der Waals surface area contributed by atoms with E-state index in [-0.39, 0.29) is 49.0 Å². The third-order valence-corrected chi connectivity index (χ3v) is 9.00. The second-order valence-electron chi connectivity index (χ2n) is 9.78. The Balaban J connectivity index is 1.49. The van der Waals surface area contributed by atoms with Crippen LogP contribution >= 0.6 is 0 Å². The third-order valence-electron chi connectivity index (χ3n) is 6.98. The number of hydrogen-bond donors (Lipinski definition) is 1. The monoisotopic (exact) mass is 554 g/mol. The Hall–Kier alpha value is -3.74. The predicted molar refractivity (Wildman–Crippen MR) is 141 cm³/mol. The van der Waals surface area contributed by atoms with Gasteiger partial charge in [-0.15, -0.1) is 0 Å². The lowest BCUT2D eigenvalue weighted by atomic mass is 10.0. The molecule has 2 aromatic carbocycles. The maximum absolute atomic E-state index is 13.7. The van der Waals surface area contributed by atoms with Crippen LogP contribution in [-0.4, -0.2) is 84.3 Å². The van der Waals surface area contributed by atoms with E-state index in [2.05, 4.69) is 9.97 Å². The second kappa shape index (κ2) is 10.8. The van der Waals surface area contributed by atoms with Crippen molar-refractivity contribution in [2.75, 3.05) is 33.5 Å². The number of sulfonamides is 1. The summed E-state index contributed by atoms with van der Waals surface area (Å²) in [4.78, 5) is 22.9. The fourth-order valence-electron chi connectivity index (χ4n) is 4.67. The Kier molecular flexibility index (Phi) is 7.43. The number of amides is 1. The number of carbonyl (C=O) groups is 1. The van der Waals surface area contributed by atoms with E-state index >= 15 is 0 Å². The summed E-state index contributed by atoms with van der Waals surface area (Å²) in [6.45, 7) is 3.60. The summed E-state index contributed by atoms with van der Waals surface area (Å²) in [6, 6.07) is 9.19. The molecule has 3 aromatic rings. The van der Waals surface area contributed by atoms with Crippen LogP contribution in [0.5, 0.6) is 17.2 Å². The lowest BCUT2D eigenvalue weighted by Gasteiger charge is -2.37. The fourth-order valence-corrected chi connectivity index (χ4v) is 6.50. The van der Waals surface area contributed by atoms with Crippen LogP contribution in [0, 0.1) is 5.92 Å². The number of aliphatic hydroxyl groups is 1. The molecule has 3 heterocycles. The summed E-state index contributed by atoms with van der Waals surface area (Å²) in [5, 5.41) is 9.86. The van der Waals surface area contributed by atoms with E-state index in [1.165, 1.54) is 16.7 Å². The third kappa shape index (κ3) is 5.27. The molecule has 0 radical (unpaired) electrons. The molecule has 0 saturated heterocycles. The van der Waals surface area contributed by atoms with Gasteiger partial charge in [0.05, 0.1) is 13.2 Å². The number of hydrogen-bond acceptors (Lipinski definition) is 9. The summed E-state index contributed by atoms with van der Waals surface area (Å²) in [6.07, 6.45) is 4.11. The number of benzene rings is 2. The molecule has 3 atom stereocenters. The SMILES string of the molecule is C[C@H](CO)N1C[C@H](C)[C@H](CN(C)C(=O)c2ccc3c(c2)OCO3)Oc2cc(-c3cncnc3)ccc2S1(=O)=O. The minimum atomic E-state index is -3.99. The smallest absolute Gasteiger partial charge is 0.253 e. The number of likely N-dealkylation sites (N-methyl/N-ethyl adjacent to an activating group) is 1. The van der Waals surface area contributed by atoms with Gasteiger partial charge in [0.25, 0.3) is 5.91 Å². The van der Waals surface area contributed by atoms with Crippen molar-refractivity contribution in [3.05, 3.63) is 60.7 Å². The first kappa shape index (κ1) is 26.9. The van der Waals surface area contributed by atoms with Gasteiger partial charge in [-0.25, -0.2) is 18.4 Å². The van der Waals surface area contributed by atoms with Crippen molar-refractivity contribution in [2.24, 2.45) is 5.92 Å². The van der Waals surface area contributed by atoms with Crippen LogP contribution in [0.15, 0.2) is 60.0 Å². The van der Waals surface area contributed by atoms with Gasteiger partial charge in [-0.1, -0.05) is 13.0 Å². The van der Waals surface area contributed by atoms with E-state index in [0.717, 1.165) is 0 Å². The normalized spacial score (nSPS) is 20.7. The van der Waals surface area contributed by atoms with Gasteiger partial charge in [0.1, 0.15) is 23.1 Å². The number of nitrogens with zero attached hydrogens (tertiary/aromatic N) is 4. The van der Waals surface area contributed by atoms with Crippen molar-refractivity contribution in [1.82, 2.24) is 19.2 Å². The van der Waals surface area contributed by atoms with Crippen molar-refractivity contribution in [1.29, 1.82) is 0 Å². The highest BCUT2D eigenvalue weighted by molar-refractivity contribution is 7.89. The number of aromatic nitrogens is 2. The van der Waals surface area contributed by atoms with Gasteiger partial charge in [-0.3, -0.25) is 4.79 Å². The zero-order chi connectivity index (χ0) is 27.7. The van der Waals surface area contributed by atoms with Gasteiger partial charge in [-0.2, -0.15) is 4.31 Å². The molecule has 1 amide bonds. The van der Waals surface area contributed by atoms with E-state index in [1.807, 2.05) is 6.92 Å². The highest BCUT2D eigenvalue weighted by atomic mass is 32.2. The van der Waals surface area contributed by atoms with Crippen LogP contribution in [0.1, 0.15) is 24.2 Å². The van der Waals surface area contributed by atoms with Crippen molar-refractivity contribution >= 4 is 15.9 Å². The molecule has 2 aliphatic rings. The summed E-state index contributed by atoms with van der Waals surface area (Å²) in [7, 11) is -2.32. The standard InChI is InChI=1S/C27H30N4O7S/c1-17-12-31(18(2)14-32)39(34,35)26-7-5-19(21-10-28-15-29-11-21)8-24(26)38-25(17)13-30(3)27(33)20-4-6-22-23(9-20)37-16-36-22/h4-11,15,17-18,25,32H,12-14,16H2,1-3H3/t17-,18+,25-/m0/s1. The van der Waals surface area contributed by atoms with Crippen molar-refractivity contribution < 1.29 is 32.5 Å². The average Bonchev–Trinajstić information content (AvgIpc) is 3.42. The lowest BCUT2D eigenvalue weighted by molar-refractivity contribution is 0.0563. The Morgan fingerprint density at radius 2 is 1.85 bits per heavy atom. The van der Waals surface area contributed by atoms with Crippen LogP contribution in [0.2, 0.25) is 0 Å². The first-order valence-corrected chi connectivity index (χ1v) is 14.0. The topological polar surface area (TPSA) is 131 Å². The molecule has 0 bridgehead atoms. The molecule has 12 heteroatoms. The molecule has 5 rings (SSSR count). The Bertz CT molecular complexity index is 1470. The number of fused-ring (bicyclic) bond motifs is 2. The van der Waals surface area contributed by atoms with Crippen molar-refractivity contribution in [2.45, 2.75) is 30.9 Å². The Morgan fingerprint density at radius 3 is 2.59 bits per heavy atom. The molecule has 0 unspecified atom stereocenters. The number of aliphatic hydroxyl groups excluding tert-OH is 1. The van der Waals surface area contributed by atoms with E-state index in [1.54, 1.807) is 61.6 Å². The zero-order valence-corrected chi connectivity index (χ0v) is 22.7. The molecule has 1 aromatic heterocycles. The average molecular weight is 555 g/mol. The molecule has 1 N–H and O–H groups in total. The molecular formula is C27H30N4O7S. The predicted octanol–water partition coefficient (Wildman–Crippen LogP) is 2.41. The van der Waals surface area contributed by atoms with Gasteiger partial charge in [0, 0.05) is 49.1 Å². The molecule has 2 aliphatic heterocycles. The molecule has 0 spiro atoms. The van der Waals surface area contributed by atoms with Gasteiger partial charge < -0.3 is 24.2 Å². The van der Waals surface area contributed by atoms with E-state index < -0.39 is 22.2 Å². The number of ether oxygens (including phenoxy) is 3. The highest BCUT2D eigenvalue weighted by Gasteiger charge is 2.38. The number of rotatable bonds is 6. The van der Waals surface area contributed by atoms with E-state index in [9.17, 15) is 18.3 Å². The van der Waals surface area contributed by atoms with Gasteiger partial charge in [0.2, 0.25) is 16.8 Å². The summed E-state index contributed by atoms with van der Waals surface area (Å²) >= 11 is 0. The first-order chi connectivity index (χ1) is 18.7. The van der Waals surface area contributed by atoms with Crippen molar-refractivity contribution in [3.8, 4) is 28.4 Å². The quantitative estimate of drug-likeness (QED) is 0.488. The maximum atomic E-state index is 13.7. The summed E-state index contributed by atoms with van der Waals surface area (Å²) < 4.78 is 45.9. The minimum absolute atomic E-state index is 0.00921. The highest BCUT2D eigenvalue weighted by Crippen LogP contribution is 2.37. The van der Waals surface area contributed by atoms with Crippen LogP contribution in [-0.2, 0) is 10.0 Å². The summed E-state index contributed by atoms with van der Waals surface area (Å²) in [5.74, 6) is 0.691. The van der Waals surface area contributed by atoms with Gasteiger partial charge >= 0.3 is 0 Å². The minimum Gasteiger partial charge on any atom is -0.487 e. The number of carbonyl (C=O) groups excluding carboxylic acids is 1. The lowest BCUT2D eigenvalue weighted by Crippen LogP contribution is -2.50.